The fourth-order valence-corrected chi connectivity index (χ4v) is 4.74. The van der Waals surface area contributed by atoms with Crippen molar-refractivity contribution in [1.29, 1.82) is 0 Å². The molecule has 1 aromatic rings. The van der Waals surface area contributed by atoms with E-state index < -0.39 is 10.0 Å². The normalized spacial score (nSPS) is 21.1. The molecule has 2 N–H and O–H groups in total. The third-order valence-electron chi connectivity index (χ3n) is 4.79. The second kappa shape index (κ2) is 7.77. The Bertz CT molecular complexity index is 621. The van der Waals surface area contributed by atoms with E-state index in [1.165, 1.54) is 17.3 Å². The van der Waals surface area contributed by atoms with Crippen molar-refractivity contribution in [2.75, 3.05) is 63.9 Å². The quantitative estimate of drug-likeness (QED) is 0.707. The van der Waals surface area contributed by atoms with Crippen LogP contribution in [0.4, 0.5) is 5.82 Å². The molecule has 8 heteroatoms. The van der Waals surface area contributed by atoms with Gasteiger partial charge in [0.15, 0.2) is 0 Å². The lowest BCUT2D eigenvalue weighted by Crippen LogP contribution is -3.14. The maximum atomic E-state index is 12.6. The molecule has 0 bridgehead atoms. The van der Waals surface area contributed by atoms with Crippen molar-refractivity contribution in [3.05, 3.63) is 18.3 Å². The summed E-state index contributed by atoms with van der Waals surface area (Å²) < 4.78 is 32.0. The standard InChI is InChI=1S/C16H26N4O3S/c1-2-5-18-6-8-19(9-7-18)16-4-3-15(14-17-16)24(21,22)20-10-12-23-13-11-20/h3-4,14H,2,5-13H2,1H3/p+2. The largest absolute Gasteiger partial charge is 0.379 e. The first-order chi connectivity index (χ1) is 11.6. The molecule has 2 fully saturated rings. The maximum absolute atomic E-state index is 12.6. The molecule has 0 spiro atoms. The number of aromatic amines is 1. The Balaban J connectivity index is 1.65. The van der Waals surface area contributed by atoms with Crippen LogP contribution in [0.3, 0.4) is 0 Å². The van der Waals surface area contributed by atoms with Crippen molar-refractivity contribution in [2.45, 2.75) is 18.2 Å². The van der Waals surface area contributed by atoms with E-state index in [0.29, 0.717) is 31.2 Å². The van der Waals surface area contributed by atoms with Gasteiger partial charge in [-0.2, -0.15) is 4.31 Å². The van der Waals surface area contributed by atoms with Crippen molar-refractivity contribution in [1.82, 2.24) is 4.31 Å². The average molecular weight is 356 g/mol. The van der Waals surface area contributed by atoms with Gasteiger partial charge in [0.1, 0.15) is 37.3 Å². The monoisotopic (exact) mass is 356 g/mol. The topological polar surface area (TPSA) is 68.4 Å². The van der Waals surface area contributed by atoms with Gasteiger partial charge < -0.3 is 9.64 Å². The Morgan fingerprint density at radius 1 is 1.17 bits per heavy atom. The highest BCUT2D eigenvalue weighted by Crippen LogP contribution is 2.17. The van der Waals surface area contributed by atoms with E-state index in [1.54, 1.807) is 17.2 Å². The molecule has 0 amide bonds. The van der Waals surface area contributed by atoms with Gasteiger partial charge in [-0.1, -0.05) is 6.92 Å². The average Bonchev–Trinajstić information content (AvgIpc) is 2.63. The molecule has 134 valence electrons. The number of nitrogens with one attached hydrogen (secondary N) is 2. The molecular weight excluding hydrogens is 328 g/mol. The zero-order valence-corrected chi connectivity index (χ0v) is 15.1. The molecule has 0 saturated carbocycles. The molecule has 0 radical (unpaired) electrons. The fraction of sp³-hybridized carbons (Fsp3) is 0.688. The first-order valence-corrected chi connectivity index (χ1v) is 10.2. The highest BCUT2D eigenvalue weighted by Gasteiger charge is 2.29. The van der Waals surface area contributed by atoms with Gasteiger partial charge in [0.2, 0.25) is 10.0 Å². The van der Waals surface area contributed by atoms with Gasteiger partial charge in [-0.05, 0) is 12.5 Å². The Morgan fingerprint density at radius 2 is 1.88 bits per heavy atom. The summed E-state index contributed by atoms with van der Waals surface area (Å²) in [4.78, 5) is 7.45. The lowest BCUT2D eigenvalue weighted by molar-refractivity contribution is -0.900. The number of anilines is 1. The van der Waals surface area contributed by atoms with E-state index in [2.05, 4.69) is 16.8 Å². The Labute approximate surface area is 144 Å². The zero-order valence-electron chi connectivity index (χ0n) is 14.3. The van der Waals surface area contributed by atoms with Crippen LogP contribution in [0.1, 0.15) is 13.3 Å². The summed E-state index contributed by atoms with van der Waals surface area (Å²) in [7, 11) is -3.43. The molecule has 2 saturated heterocycles. The van der Waals surface area contributed by atoms with Crippen LogP contribution in [-0.4, -0.2) is 71.8 Å². The maximum Gasteiger partial charge on any atom is 0.274 e. The molecule has 7 nitrogen and oxygen atoms in total. The molecule has 2 aliphatic heterocycles. The van der Waals surface area contributed by atoms with E-state index in [-0.39, 0.29) is 0 Å². The van der Waals surface area contributed by atoms with Crippen LogP contribution in [0.2, 0.25) is 0 Å². The van der Waals surface area contributed by atoms with Gasteiger partial charge in [-0.15, -0.1) is 0 Å². The van der Waals surface area contributed by atoms with Crippen LogP contribution in [-0.2, 0) is 14.8 Å². The molecule has 2 aliphatic rings. The van der Waals surface area contributed by atoms with Crippen LogP contribution in [0.5, 0.6) is 0 Å². The summed E-state index contributed by atoms with van der Waals surface area (Å²) in [5, 5.41) is 0. The molecule has 0 aliphatic carbocycles. The first kappa shape index (κ1) is 17.6. The van der Waals surface area contributed by atoms with Crippen molar-refractivity contribution in [3.8, 4) is 0 Å². The second-order valence-electron chi connectivity index (χ2n) is 6.41. The minimum absolute atomic E-state index is 0.323. The number of rotatable bonds is 5. The number of quaternary nitrogens is 1. The van der Waals surface area contributed by atoms with Crippen LogP contribution in [0.15, 0.2) is 23.2 Å². The molecule has 3 rings (SSSR count). The van der Waals surface area contributed by atoms with E-state index in [4.69, 9.17) is 4.74 Å². The second-order valence-corrected chi connectivity index (χ2v) is 8.35. The summed E-state index contributed by atoms with van der Waals surface area (Å²) in [5.74, 6) is 0.992. The predicted molar refractivity (Wildman–Crippen MR) is 90.6 cm³/mol. The molecule has 0 atom stereocenters. The number of hydrogen-bond acceptors (Lipinski definition) is 4. The van der Waals surface area contributed by atoms with Crippen LogP contribution >= 0.6 is 0 Å². The Hall–Kier alpha value is -1.22. The van der Waals surface area contributed by atoms with Gasteiger partial charge in [-0.25, -0.2) is 13.4 Å². The lowest BCUT2D eigenvalue weighted by atomic mass is 10.3. The van der Waals surface area contributed by atoms with Gasteiger partial charge in [0, 0.05) is 19.2 Å². The van der Waals surface area contributed by atoms with E-state index >= 15 is 0 Å². The third kappa shape index (κ3) is 3.88. The summed E-state index contributed by atoms with van der Waals surface area (Å²) >= 11 is 0. The zero-order chi connectivity index (χ0) is 17.0. The summed E-state index contributed by atoms with van der Waals surface area (Å²) in [6.07, 6.45) is 2.83. The number of pyridine rings is 1. The molecular formula is C16H28N4O3S+2. The molecule has 0 aromatic carbocycles. The number of piperazine rings is 1. The molecule has 24 heavy (non-hydrogen) atoms. The van der Waals surface area contributed by atoms with Crippen LogP contribution in [0.25, 0.3) is 0 Å². The van der Waals surface area contributed by atoms with Gasteiger partial charge in [-0.3, -0.25) is 4.90 Å². The Morgan fingerprint density at radius 3 is 2.46 bits per heavy atom. The molecule has 3 heterocycles. The summed E-state index contributed by atoms with van der Waals surface area (Å²) in [6, 6.07) is 3.60. The number of morpholine rings is 1. The lowest BCUT2D eigenvalue weighted by Gasteiger charge is -2.28. The van der Waals surface area contributed by atoms with E-state index in [1.807, 2.05) is 6.07 Å². The van der Waals surface area contributed by atoms with Crippen LogP contribution < -0.4 is 14.8 Å². The number of hydrogen-bond donors (Lipinski definition) is 1. The van der Waals surface area contributed by atoms with E-state index in [9.17, 15) is 8.42 Å². The number of sulfonamides is 1. The minimum atomic E-state index is -3.43. The molecule has 1 aromatic heterocycles. The highest BCUT2D eigenvalue weighted by molar-refractivity contribution is 7.89. The SMILES string of the molecule is CCC[NH+]1CCN(c2ccc(S(=O)(=O)N3CCOCC3)c[nH+]2)CC1. The molecule has 0 unspecified atom stereocenters. The van der Waals surface area contributed by atoms with Gasteiger partial charge >= 0.3 is 0 Å². The van der Waals surface area contributed by atoms with Crippen molar-refractivity contribution < 1.29 is 23.0 Å². The number of ether oxygens (including phenoxy) is 1. The van der Waals surface area contributed by atoms with Gasteiger partial charge in [0.25, 0.3) is 5.82 Å². The Kier molecular flexibility index (Phi) is 5.70. The highest BCUT2D eigenvalue weighted by atomic mass is 32.2. The minimum Gasteiger partial charge on any atom is -0.379 e. The predicted octanol–water partition coefficient (Wildman–Crippen LogP) is -1.36. The fourth-order valence-electron chi connectivity index (χ4n) is 3.36. The summed E-state index contributed by atoms with van der Waals surface area (Å²) in [6.45, 7) is 9.50. The van der Waals surface area contributed by atoms with Crippen molar-refractivity contribution in [2.24, 2.45) is 0 Å². The van der Waals surface area contributed by atoms with E-state index in [0.717, 1.165) is 32.0 Å². The van der Waals surface area contributed by atoms with Gasteiger partial charge in [0.05, 0.1) is 19.8 Å². The number of aromatic nitrogens is 1. The number of H-pyrrole nitrogens is 1. The van der Waals surface area contributed by atoms with Crippen molar-refractivity contribution >= 4 is 15.8 Å². The third-order valence-corrected chi connectivity index (χ3v) is 6.69. The van der Waals surface area contributed by atoms with Crippen molar-refractivity contribution in [3.63, 3.8) is 0 Å². The first-order valence-electron chi connectivity index (χ1n) is 8.79. The summed E-state index contributed by atoms with van der Waals surface area (Å²) in [5.41, 5.74) is 0. The number of nitrogens with zero attached hydrogens (tertiary/aromatic N) is 2. The smallest absolute Gasteiger partial charge is 0.274 e. The van der Waals surface area contributed by atoms with Crippen LogP contribution in [0, 0.1) is 0 Å².